The van der Waals surface area contributed by atoms with Crippen LogP contribution >= 0.6 is 0 Å². The van der Waals surface area contributed by atoms with Crippen LogP contribution < -0.4 is 4.72 Å². The molecule has 4 nitrogen and oxygen atoms in total. The topological polar surface area (TPSA) is 66.4 Å². The molecule has 112 valence electrons. The average Bonchev–Trinajstić information content (AvgIpc) is 2.37. The summed E-state index contributed by atoms with van der Waals surface area (Å²) in [5.74, 6) is 0. The predicted molar refractivity (Wildman–Crippen MR) is 83.8 cm³/mol. The number of hydrogen-bond acceptors (Lipinski definition) is 3. The Balaban J connectivity index is 2.35. The molecule has 0 fully saturated rings. The maximum Gasteiger partial charge on any atom is 0.262 e. The molecule has 1 unspecified atom stereocenters. The molecule has 0 aliphatic carbocycles. The van der Waals surface area contributed by atoms with E-state index in [4.69, 9.17) is 0 Å². The number of hydrogen-bond donors (Lipinski definition) is 2. The summed E-state index contributed by atoms with van der Waals surface area (Å²) in [7, 11) is -3.63. The monoisotopic (exact) mass is 305 g/mol. The molecule has 0 aliphatic heterocycles. The van der Waals surface area contributed by atoms with Gasteiger partial charge in [0, 0.05) is 5.69 Å². The molecular formula is C16H19NO3S. The van der Waals surface area contributed by atoms with Gasteiger partial charge in [0.25, 0.3) is 10.0 Å². The summed E-state index contributed by atoms with van der Waals surface area (Å²) in [6.45, 7) is 5.33. The van der Waals surface area contributed by atoms with Gasteiger partial charge in [-0.05, 0) is 50.1 Å². The molecule has 2 aromatic carbocycles. The Morgan fingerprint density at radius 2 is 1.81 bits per heavy atom. The SMILES string of the molecule is Cc1ccc(S(=O)(=O)Nc2cccc(C(C)O)c2)c(C)c1. The molecule has 0 saturated carbocycles. The Morgan fingerprint density at radius 3 is 2.43 bits per heavy atom. The van der Waals surface area contributed by atoms with Crippen LogP contribution in [0.1, 0.15) is 29.7 Å². The lowest BCUT2D eigenvalue weighted by Gasteiger charge is -2.12. The largest absolute Gasteiger partial charge is 0.389 e. The third-order valence-corrected chi connectivity index (χ3v) is 4.78. The average molecular weight is 305 g/mol. The molecule has 0 aromatic heterocycles. The first-order valence-electron chi connectivity index (χ1n) is 6.68. The van der Waals surface area contributed by atoms with Crippen molar-refractivity contribution in [2.45, 2.75) is 31.8 Å². The first-order valence-corrected chi connectivity index (χ1v) is 8.16. The summed E-state index contributed by atoms with van der Waals surface area (Å²) in [6.07, 6.45) is -0.643. The van der Waals surface area contributed by atoms with Crippen molar-refractivity contribution in [2.24, 2.45) is 0 Å². The van der Waals surface area contributed by atoms with E-state index in [1.54, 1.807) is 50.2 Å². The van der Waals surface area contributed by atoms with Gasteiger partial charge < -0.3 is 5.11 Å². The van der Waals surface area contributed by atoms with E-state index < -0.39 is 16.1 Å². The van der Waals surface area contributed by atoms with E-state index in [1.807, 2.05) is 13.0 Å². The first-order chi connectivity index (χ1) is 9.79. The van der Waals surface area contributed by atoms with Crippen LogP contribution in [0.5, 0.6) is 0 Å². The van der Waals surface area contributed by atoms with Crippen LogP contribution in [0.4, 0.5) is 5.69 Å². The van der Waals surface area contributed by atoms with E-state index >= 15 is 0 Å². The summed E-state index contributed by atoms with van der Waals surface area (Å²) in [4.78, 5) is 0.260. The van der Waals surface area contributed by atoms with Gasteiger partial charge >= 0.3 is 0 Å². The molecule has 0 spiro atoms. The van der Waals surface area contributed by atoms with Crippen LogP contribution in [-0.4, -0.2) is 13.5 Å². The lowest BCUT2D eigenvalue weighted by Crippen LogP contribution is -2.14. The zero-order valence-corrected chi connectivity index (χ0v) is 13.1. The van der Waals surface area contributed by atoms with Crippen molar-refractivity contribution in [3.05, 3.63) is 59.2 Å². The van der Waals surface area contributed by atoms with Crippen LogP contribution in [0, 0.1) is 13.8 Å². The highest BCUT2D eigenvalue weighted by atomic mass is 32.2. The van der Waals surface area contributed by atoms with Gasteiger partial charge in [0.1, 0.15) is 0 Å². The quantitative estimate of drug-likeness (QED) is 0.912. The minimum absolute atomic E-state index is 0.260. The van der Waals surface area contributed by atoms with E-state index in [0.29, 0.717) is 16.8 Å². The fourth-order valence-electron chi connectivity index (χ4n) is 2.17. The minimum atomic E-state index is -3.63. The molecule has 2 aromatic rings. The van der Waals surface area contributed by atoms with Gasteiger partial charge in [-0.15, -0.1) is 0 Å². The molecule has 0 amide bonds. The molecule has 0 heterocycles. The molecule has 0 radical (unpaired) electrons. The van der Waals surface area contributed by atoms with Gasteiger partial charge in [0.2, 0.25) is 0 Å². The number of benzene rings is 2. The smallest absolute Gasteiger partial charge is 0.262 e. The molecule has 2 rings (SSSR count). The van der Waals surface area contributed by atoms with E-state index in [9.17, 15) is 13.5 Å². The fraction of sp³-hybridized carbons (Fsp3) is 0.250. The Labute approximate surface area is 125 Å². The lowest BCUT2D eigenvalue weighted by atomic mass is 10.1. The van der Waals surface area contributed by atoms with Crippen LogP contribution in [0.15, 0.2) is 47.4 Å². The lowest BCUT2D eigenvalue weighted by molar-refractivity contribution is 0.199. The maximum atomic E-state index is 12.4. The first kappa shape index (κ1) is 15.5. The van der Waals surface area contributed by atoms with Gasteiger partial charge in [-0.25, -0.2) is 8.42 Å². The second-order valence-corrected chi connectivity index (χ2v) is 6.83. The fourth-order valence-corrected chi connectivity index (χ4v) is 3.45. The highest BCUT2D eigenvalue weighted by Crippen LogP contribution is 2.22. The highest BCUT2D eigenvalue weighted by molar-refractivity contribution is 7.92. The van der Waals surface area contributed by atoms with Crippen LogP contribution in [0.3, 0.4) is 0 Å². The minimum Gasteiger partial charge on any atom is -0.389 e. The number of aryl methyl sites for hydroxylation is 2. The third kappa shape index (κ3) is 3.62. The number of anilines is 1. The molecule has 1 atom stereocenters. The zero-order valence-electron chi connectivity index (χ0n) is 12.3. The van der Waals surface area contributed by atoms with E-state index in [2.05, 4.69) is 4.72 Å². The summed E-state index contributed by atoms with van der Waals surface area (Å²) in [5.41, 5.74) is 2.82. The van der Waals surface area contributed by atoms with Gasteiger partial charge in [-0.1, -0.05) is 29.8 Å². The summed E-state index contributed by atoms with van der Waals surface area (Å²) < 4.78 is 27.4. The number of aliphatic hydroxyl groups excluding tert-OH is 1. The predicted octanol–water partition coefficient (Wildman–Crippen LogP) is 3.16. The van der Waals surface area contributed by atoms with Crippen LogP contribution in [0.2, 0.25) is 0 Å². The van der Waals surface area contributed by atoms with Crippen LogP contribution in [0.25, 0.3) is 0 Å². The Hall–Kier alpha value is -1.85. The summed E-state index contributed by atoms with van der Waals surface area (Å²) in [5, 5.41) is 9.56. The van der Waals surface area contributed by atoms with Crippen molar-refractivity contribution in [3.63, 3.8) is 0 Å². The molecule has 0 aliphatic rings. The third-order valence-electron chi connectivity index (χ3n) is 3.24. The summed E-state index contributed by atoms with van der Waals surface area (Å²) in [6, 6.07) is 12.0. The van der Waals surface area contributed by atoms with E-state index in [1.165, 1.54) is 0 Å². The standard InChI is InChI=1S/C16H19NO3S/c1-11-7-8-16(12(2)9-11)21(19,20)17-15-6-4-5-14(10-15)13(3)18/h4-10,13,17-18H,1-3H3. The Bertz CT molecular complexity index is 752. The van der Waals surface area contributed by atoms with Gasteiger partial charge in [-0.3, -0.25) is 4.72 Å². The van der Waals surface area contributed by atoms with Gasteiger partial charge in [0.05, 0.1) is 11.0 Å². The Morgan fingerprint density at radius 1 is 1.10 bits per heavy atom. The van der Waals surface area contributed by atoms with Crippen molar-refractivity contribution < 1.29 is 13.5 Å². The number of nitrogens with one attached hydrogen (secondary N) is 1. The van der Waals surface area contributed by atoms with E-state index in [0.717, 1.165) is 5.56 Å². The zero-order chi connectivity index (χ0) is 15.6. The van der Waals surface area contributed by atoms with Gasteiger partial charge in [0.15, 0.2) is 0 Å². The molecule has 0 saturated heterocycles. The van der Waals surface area contributed by atoms with Crippen molar-refractivity contribution in [3.8, 4) is 0 Å². The molecular weight excluding hydrogens is 286 g/mol. The molecule has 2 N–H and O–H groups in total. The van der Waals surface area contributed by atoms with Crippen molar-refractivity contribution in [2.75, 3.05) is 4.72 Å². The number of sulfonamides is 1. The van der Waals surface area contributed by atoms with Crippen molar-refractivity contribution in [1.29, 1.82) is 0 Å². The van der Waals surface area contributed by atoms with Gasteiger partial charge in [-0.2, -0.15) is 0 Å². The van der Waals surface area contributed by atoms with Crippen molar-refractivity contribution >= 4 is 15.7 Å². The second kappa shape index (κ2) is 5.87. The van der Waals surface area contributed by atoms with Crippen LogP contribution in [-0.2, 0) is 10.0 Å². The molecule has 5 heteroatoms. The highest BCUT2D eigenvalue weighted by Gasteiger charge is 2.17. The molecule has 0 bridgehead atoms. The number of rotatable bonds is 4. The maximum absolute atomic E-state index is 12.4. The number of aliphatic hydroxyl groups is 1. The van der Waals surface area contributed by atoms with Crippen molar-refractivity contribution in [1.82, 2.24) is 0 Å². The second-order valence-electron chi connectivity index (χ2n) is 5.18. The molecule has 21 heavy (non-hydrogen) atoms. The Kier molecular flexibility index (Phi) is 4.34. The normalized spacial score (nSPS) is 13.0. The van der Waals surface area contributed by atoms with E-state index in [-0.39, 0.29) is 4.90 Å². The summed E-state index contributed by atoms with van der Waals surface area (Å²) >= 11 is 0.